The average molecular weight is 265 g/mol. The second-order valence-corrected chi connectivity index (χ2v) is 4.47. The van der Waals surface area contributed by atoms with Crippen LogP contribution in [-0.4, -0.2) is 21.3 Å². The molecule has 0 aliphatic carbocycles. The second-order valence-electron chi connectivity index (χ2n) is 4.47. The summed E-state index contributed by atoms with van der Waals surface area (Å²) in [6, 6.07) is 6.45. The number of allylic oxidation sites excluding steroid dienone is 1. The van der Waals surface area contributed by atoms with Crippen LogP contribution in [0.5, 0.6) is 5.75 Å². The maximum Gasteiger partial charge on any atom is 0.267 e. The Morgan fingerprint density at radius 2 is 2.00 bits per heavy atom. The van der Waals surface area contributed by atoms with Gasteiger partial charge in [0.15, 0.2) is 0 Å². The van der Waals surface area contributed by atoms with Crippen molar-refractivity contribution in [2.75, 3.05) is 0 Å². The van der Waals surface area contributed by atoms with Gasteiger partial charge in [-0.1, -0.05) is 25.1 Å². The lowest BCUT2D eigenvalue weighted by Crippen LogP contribution is -2.15. The number of benzene rings is 1. The average Bonchev–Trinajstić information content (AvgIpc) is 2.43. The number of hydrogen-bond acceptors (Lipinski definition) is 4. The lowest BCUT2D eigenvalue weighted by molar-refractivity contribution is -0.124. The Kier molecular flexibility index (Phi) is 6.05. The Morgan fingerprint density at radius 3 is 2.58 bits per heavy atom. The fraction of sp³-hybridized carbons (Fsp3) is 0.357. The van der Waals surface area contributed by atoms with Gasteiger partial charge in [-0.05, 0) is 36.5 Å². The van der Waals surface area contributed by atoms with Gasteiger partial charge in [0.25, 0.3) is 5.91 Å². The maximum absolute atomic E-state index is 10.7. The molecule has 0 bridgehead atoms. The van der Waals surface area contributed by atoms with E-state index in [4.69, 9.17) is 5.21 Å². The minimum atomic E-state index is -0.610. The highest BCUT2D eigenvalue weighted by molar-refractivity contribution is 5.86. The fourth-order valence-corrected chi connectivity index (χ4v) is 1.74. The fourth-order valence-electron chi connectivity index (χ4n) is 1.74. The number of carbonyl (C=O) groups is 1. The number of aliphatic hydroxyl groups is 1. The van der Waals surface area contributed by atoms with E-state index >= 15 is 0 Å². The molecule has 5 heteroatoms. The molecule has 0 heterocycles. The molecule has 1 aromatic carbocycles. The molecule has 0 saturated heterocycles. The Bertz CT molecular complexity index is 428. The molecule has 4 N–H and O–H groups in total. The van der Waals surface area contributed by atoms with Gasteiger partial charge in [-0.3, -0.25) is 10.0 Å². The number of aromatic hydroxyl groups is 1. The van der Waals surface area contributed by atoms with Gasteiger partial charge in [0.2, 0.25) is 0 Å². The van der Waals surface area contributed by atoms with Crippen molar-refractivity contribution in [2.24, 2.45) is 5.92 Å². The van der Waals surface area contributed by atoms with Gasteiger partial charge in [0, 0.05) is 6.08 Å². The van der Waals surface area contributed by atoms with E-state index in [9.17, 15) is 15.0 Å². The van der Waals surface area contributed by atoms with Crippen molar-refractivity contribution in [1.29, 1.82) is 0 Å². The van der Waals surface area contributed by atoms with Gasteiger partial charge in [-0.25, -0.2) is 5.48 Å². The molecule has 1 aromatic rings. The lowest BCUT2D eigenvalue weighted by Gasteiger charge is -2.18. The molecule has 104 valence electrons. The predicted molar refractivity (Wildman–Crippen MR) is 70.5 cm³/mol. The predicted octanol–water partition coefficient (Wildman–Crippen LogP) is 1.90. The SMILES string of the molecule is C[C@H](CC/C=C/C(=O)NO)[C@H](O)c1ccc(O)cc1. The number of hydrogen-bond donors (Lipinski definition) is 4. The first-order valence-electron chi connectivity index (χ1n) is 6.12. The summed E-state index contributed by atoms with van der Waals surface area (Å²) >= 11 is 0. The van der Waals surface area contributed by atoms with E-state index in [1.54, 1.807) is 18.2 Å². The highest BCUT2D eigenvalue weighted by Gasteiger charge is 2.15. The summed E-state index contributed by atoms with van der Waals surface area (Å²) in [5, 5.41) is 27.6. The first kappa shape index (κ1) is 15.2. The summed E-state index contributed by atoms with van der Waals surface area (Å²) in [5.74, 6) is -0.375. The minimum absolute atomic E-state index is 0.0198. The number of rotatable bonds is 6. The standard InChI is InChI=1S/C14H19NO4/c1-10(4-2-3-5-13(17)15-19)14(18)11-6-8-12(16)9-7-11/h3,5-10,14,16,18-19H,2,4H2,1H3,(H,15,17)/b5-3+/t10-,14+/m1/s1. The van der Waals surface area contributed by atoms with Crippen LogP contribution in [0.3, 0.4) is 0 Å². The van der Waals surface area contributed by atoms with Crippen LogP contribution in [-0.2, 0) is 4.79 Å². The number of nitrogens with one attached hydrogen (secondary N) is 1. The van der Waals surface area contributed by atoms with E-state index < -0.39 is 12.0 Å². The van der Waals surface area contributed by atoms with Crippen molar-refractivity contribution >= 4 is 5.91 Å². The van der Waals surface area contributed by atoms with Crippen molar-refractivity contribution in [3.63, 3.8) is 0 Å². The van der Waals surface area contributed by atoms with E-state index in [1.807, 2.05) is 6.92 Å². The molecule has 0 unspecified atom stereocenters. The Balaban J connectivity index is 2.44. The van der Waals surface area contributed by atoms with E-state index in [0.717, 1.165) is 5.56 Å². The second kappa shape index (κ2) is 7.56. The largest absolute Gasteiger partial charge is 0.508 e. The molecule has 0 aromatic heterocycles. The molecule has 0 spiro atoms. The third-order valence-electron chi connectivity index (χ3n) is 2.94. The molecule has 2 atom stereocenters. The van der Waals surface area contributed by atoms with Crippen LogP contribution >= 0.6 is 0 Å². The van der Waals surface area contributed by atoms with Crippen LogP contribution in [0.25, 0.3) is 0 Å². The highest BCUT2D eigenvalue weighted by atomic mass is 16.5. The van der Waals surface area contributed by atoms with Crippen LogP contribution in [0, 0.1) is 5.92 Å². The number of amides is 1. The normalized spacial score (nSPS) is 14.3. The highest BCUT2D eigenvalue weighted by Crippen LogP contribution is 2.26. The van der Waals surface area contributed by atoms with E-state index in [2.05, 4.69) is 0 Å². The molecule has 0 fully saturated rings. The number of phenolic OH excluding ortho intramolecular Hbond substituents is 1. The number of carbonyl (C=O) groups excluding carboxylic acids is 1. The van der Waals surface area contributed by atoms with E-state index in [0.29, 0.717) is 12.8 Å². The van der Waals surface area contributed by atoms with Crippen LogP contribution in [0.15, 0.2) is 36.4 Å². The van der Waals surface area contributed by atoms with E-state index in [1.165, 1.54) is 23.7 Å². The molecule has 0 aliphatic rings. The Hall–Kier alpha value is -1.85. The topological polar surface area (TPSA) is 89.8 Å². The molecule has 0 aliphatic heterocycles. The van der Waals surface area contributed by atoms with Crippen molar-refractivity contribution in [3.05, 3.63) is 42.0 Å². The van der Waals surface area contributed by atoms with Gasteiger partial charge < -0.3 is 10.2 Å². The van der Waals surface area contributed by atoms with Gasteiger partial charge in [-0.2, -0.15) is 0 Å². The third-order valence-corrected chi connectivity index (χ3v) is 2.94. The molecule has 5 nitrogen and oxygen atoms in total. The molecule has 1 amide bonds. The monoisotopic (exact) mass is 265 g/mol. The summed E-state index contributed by atoms with van der Waals surface area (Å²) < 4.78 is 0. The summed E-state index contributed by atoms with van der Waals surface area (Å²) in [4.78, 5) is 10.7. The first-order valence-corrected chi connectivity index (χ1v) is 6.12. The van der Waals surface area contributed by atoms with Gasteiger partial charge >= 0.3 is 0 Å². The summed E-state index contributed by atoms with van der Waals surface area (Å²) in [7, 11) is 0. The number of aliphatic hydroxyl groups excluding tert-OH is 1. The smallest absolute Gasteiger partial charge is 0.267 e. The van der Waals surface area contributed by atoms with Crippen LogP contribution in [0.1, 0.15) is 31.4 Å². The zero-order valence-electron chi connectivity index (χ0n) is 10.8. The maximum atomic E-state index is 10.7. The van der Waals surface area contributed by atoms with Crippen molar-refractivity contribution in [1.82, 2.24) is 5.48 Å². The summed E-state index contributed by atoms with van der Waals surface area (Å²) in [6.45, 7) is 1.91. The quantitative estimate of drug-likeness (QED) is 0.359. The molecular formula is C14H19NO4. The zero-order valence-corrected chi connectivity index (χ0v) is 10.8. The minimum Gasteiger partial charge on any atom is -0.508 e. The van der Waals surface area contributed by atoms with Crippen molar-refractivity contribution in [2.45, 2.75) is 25.9 Å². The van der Waals surface area contributed by atoms with Gasteiger partial charge in [0.05, 0.1) is 6.10 Å². The van der Waals surface area contributed by atoms with Crippen LogP contribution in [0.4, 0.5) is 0 Å². The summed E-state index contributed by atoms with van der Waals surface area (Å²) in [5.41, 5.74) is 2.26. The summed E-state index contributed by atoms with van der Waals surface area (Å²) in [6.07, 6.45) is 3.62. The Labute approximate surface area is 112 Å². The van der Waals surface area contributed by atoms with Gasteiger partial charge in [0.1, 0.15) is 5.75 Å². The first-order chi connectivity index (χ1) is 9.04. The molecule has 19 heavy (non-hydrogen) atoms. The van der Waals surface area contributed by atoms with E-state index in [-0.39, 0.29) is 11.7 Å². The molecular weight excluding hydrogens is 246 g/mol. The lowest BCUT2D eigenvalue weighted by atomic mass is 9.93. The van der Waals surface area contributed by atoms with Crippen molar-refractivity contribution < 1.29 is 20.2 Å². The van der Waals surface area contributed by atoms with Crippen LogP contribution in [0.2, 0.25) is 0 Å². The molecule has 0 saturated carbocycles. The van der Waals surface area contributed by atoms with Crippen molar-refractivity contribution in [3.8, 4) is 5.75 Å². The molecule has 0 radical (unpaired) electrons. The Morgan fingerprint density at radius 1 is 1.37 bits per heavy atom. The number of phenols is 1. The van der Waals surface area contributed by atoms with Gasteiger partial charge in [-0.15, -0.1) is 0 Å². The third kappa shape index (κ3) is 5.11. The van der Waals surface area contributed by atoms with Crippen LogP contribution < -0.4 is 5.48 Å². The zero-order chi connectivity index (χ0) is 14.3. The molecule has 1 rings (SSSR count). The number of hydroxylamine groups is 1.